The summed E-state index contributed by atoms with van der Waals surface area (Å²) in [4.78, 5) is 14.4. The molecule has 0 fully saturated rings. The molecule has 0 spiro atoms. The quantitative estimate of drug-likeness (QED) is 0.614. The van der Waals surface area contributed by atoms with Crippen LogP contribution in [0.25, 0.3) is 0 Å². The Morgan fingerprint density at radius 3 is 2.40 bits per heavy atom. The van der Waals surface area contributed by atoms with E-state index in [1.165, 1.54) is 17.0 Å². The highest BCUT2D eigenvalue weighted by molar-refractivity contribution is 5.85. The minimum Gasteiger partial charge on any atom is -0.396 e. The van der Waals surface area contributed by atoms with Crippen molar-refractivity contribution < 1.29 is 14.3 Å². The van der Waals surface area contributed by atoms with Gasteiger partial charge in [-0.2, -0.15) is 0 Å². The van der Waals surface area contributed by atoms with Gasteiger partial charge >= 0.3 is 0 Å². The number of nitrogen functional groups attached to an aromatic ring is 1. The molecule has 6 heteroatoms. The third-order valence-electron chi connectivity index (χ3n) is 2.98. The third kappa shape index (κ3) is 4.09. The average Bonchev–Trinajstić information content (AvgIpc) is 2.32. The number of carbonyl (C=O) groups excluding carboxylic acids is 1. The minimum atomic E-state index is -0.884. The summed E-state index contributed by atoms with van der Waals surface area (Å²) in [6, 6.07) is 2.73. The first-order valence-corrected chi connectivity index (χ1v) is 6.36. The van der Waals surface area contributed by atoms with Gasteiger partial charge in [-0.15, -0.1) is 0 Å². The van der Waals surface area contributed by atoms with Crippen LogP contribution in [0, 0.1) is 5.82 Å². The second-order valence-corrected chi connectivity index (χ2v) is 5.62. The molecule has 0 aliphatic carbocycles. The molecule has 3 N–H and O–H groups in total. The Morgan fingerprint density at radius 1 is 1.35 bits per heavy atom. The molecule has 1 aromatic rings. The van der Waals surface area contributed by atoms with Gasteiger partial charge in [0.15, 0.2) is 0 Å². The molecule has 0 aromatic heterocycles. The minimum absolute atomic E-state index is 0.0132. The zero-order valence-electron chi connectivity index (χ0n) is 12.4. The summed E-state index contributed by atoms with van der Waals surface area (Å²) in [7, 11) is 3.51. The molecule has 112 valence electrons. The van der Waals surface area contributed by atoms with Crippen LogP contribution in [0.1, 0.15) is 20.3 Å². The molecule has 0 heterocycles. The highest BCUT2D eigenvalue weighted by atomic mass is 19.1. The van der Waals surface area contributed by atoms with Crippen molar-refractivity contribution in [3.63, 3.8) is 0 Å². The van der Waals surface area contributed by atoms with E-state index in [0.29, 0.717) is 30.8 Å². The number of aliphatic hydroxyl groups is 1. The fourth-order valence-corrected chi connectivity index (χ4v) is 1.78. The molecule has 1 aromatic carbocycles. The summed E-state index contributed by atoms with van der Waals surface area (Å²) in [5.41, 5.74) is 5.76. The van der Waals surface area contributed by atoms with Crippen molar-refractivity contribution in [2.75, 3.05) is 36.2 Å². The first kappa shape index (κ1) is 16.2. The average molecular weight is 283 g/mol. The third-order valence-corrected chi connectivity index (χ3v) is 2.98. The predicted molar refractivity (Wildman–Crippen MR) is 79.5 cm³/mol. The number of benzene rings is 1. The van der Waals surface area contributed by atoms with Crippen LogP contribution in [0.5, 0.6) is 0 Å². The topological polar surface area (TPSA) is 69.8 Å². The summed E-state index contributed by atoms with van der Waals surface area (Å²) in [5.74, 6) is -0.522. The lowest BCUT2D eigenvalue weighted by molar-refractivity contribution is -0.107. The van der Waals surface area contributed by atoms with Crippen LogP contribution in [-0.4, -0.2) is 37.8 Å². The monoisotopic (exact) mass is 283 g/mol. The van der Waals surface area contributed by atoms with Crippen molar-refractivity contribution in [3.8, 4) is 0 Å². The van der Waals surface area contributed by atoms with Gasteiger partial charge in [0.2, 0.25) is 6.41 Å². The van der Waals surface area contributed by atoms with Crippen LogP contribution < -0.4 is 15.5 Å². The van der Waals surface area contributed by atoms with Gasteiger partial charge in [-0.05, 0) is 26.3 Å². The van der Waals surface area contributed by atoms with Gasteiger partial charge in [-0.1, -0.05) is 0 Å². The van der Waals surface area contributed by atoms with Crippen LogP contribution in [-0.2, 0) is 4.79 Å². The largest absolute Gasteiger partial charge is 0.396 e. The first-order valence-electron chi connectivity index (χ1n) is 6.36. The lowest BCUT2D eigenvalue weighted by atomic mass is 10.1. The van der Waals surface area contributed by atoms with E-state index in [1.807, 2.05) is 0 Å². The normalized spacial score (nSPS) is 11.3. The zero-order valence-corrected chi connectivity index (χ0v) is 12.4. The number of hydrogen-bond donors (Lipinski definition) is 2. The Bertz CT molecular complexity index is 484. The van der Waals surface area contributed by atoms with Gasteiger partial charge < -0.3 is 20.6 Å². The Labute approximate surface area is 118 Å². The Balaban J connectivity index is 3.13. The van der Waals surface area contributed by atoms with E-state index in [0.717, 1.165) is 0 Å². The fourth-order valence-electron chi connectivity index (χ4n) is 1.78. The Morgan fingerprint density at radius 2 is 1.95 bits per heavy atom. The van der Waals surface area contributed by atoms with Gasteiger partial charge in [-0.3, -0.25) is 4.79 Å². The summed E-state index contributed by atoms with van der Waals surface area (Å²) >= 11 is 0. The molecule has 0 unspecified atom stereocenters. The molecular weight excluding hydrogens is 261 g/mol. The number of halogens is 1. The van der Waals surface area contributed by atoms with Crippen molar-refractivity contribution in [1.82, 2.24) is 0 Å². The number of anilines is 3. The van der Waals surface area contributed by atoms with Crippen molar-refractivity contribution in [3.05, 3.63) is 17.9 Å². The second-order valence-electron chi connectivity index (χ2n) is 5.62. The number of amides is 1. The number of hydrogen-bond acceptors (Lipinski definition) is 4. The lowest BCUT2D eigenvalue weighted by Crippen LogP contribution is -2.31. The number of nitrogens with two attached hydrogens (primary N) is 1. The maximum absolute atomic E-state index is 13.6. The van der Waals surface area contributed by atoms with Crippen LogP contribution in [0.15, 0.2) is 12.1 Å². The summed E-state index contributed by atoms with van der Waals surface area (Å²) in [6.07, 6.45) is 1.06. The van der Waals surface area contributed by atoms with E-state index in [9.17, 15) is 14.3 Å². The van der Waals surface area contributed by atoms with Gasteiger partial charge in [0.25, 0.3) is 0 Å². The maximum Gasteiger partial charge on any atom is 0.214 e. The molecule has 20 heavy (non-hydrogen) atoms. The fraction of sp³-hybridized carbons (Fsp3) is 0.500. The van der Waals surface area contributed by atoms with E-state index in [1.54, 1.807) is 32.8 Å². The number of rotatable bonds is 6. The van der Waals surface area contributed by atoms with Crippen LogP contribution in [0.2, 0.25) is 0 Å². The summed E-state index contributed by atoms with van der Waals surface area (Å²) < 4.78 is 13.6. The number of nitrogens with zero attached hydrogens (tertiary/aromatic N) is 2. The summed E-state index contributed by atoms with van der Waals surface area (Å²) in [5, 5.41) is 9.75. The van der Waals surface area contributed by atoms with E-state index in [2.05, 4.69) is 0 Å². The Hall–Kier alpha value is -1.82. The molecule has 0 aliphatic heterocycles. The smallest absolute Gasteiger partial charge is 0.214 e. The van der Waals surface area contributed by atoms with Crippen LogP contribution >= 0.6 is 0 Å². The standard InChI is InChI=1S/C14H22FN3O2/c1-14(2,20)5-6-18(9-19)13-8-11(16)10(15)7-12(13)17(3)4/h7-9,20H,5-6,16H2,1-4H3. The van der Waals surface area contributed by atoms with Crippen molar-refractivity contribution in [2.45, 2.75) is 25.9 Å². The zero-order chi connectivity index (χ0) is 15.5. The van der Waals surface area contributed by atoms with Gasteiger partial charge in [-0.25, -0.2) is 4.39 Å². The van der Waals surface area contributed by atoms with E-state index >= 15 is 0 Å². The molecule has 0 atom stereocenters. The Kier molecular flexibility index (Phi) is 4.94. The van der Waals surface area contributed by atoms with Gasteiger partial charge in [0.1, 0.15) is 5.82 Å². The molecule has 0 radical (unpaired) electrons. The molecule has 0 bridgehead atoms. The second kappa shape index (κ2) is 6.09. The maximum atomic E-state index is 13.6. The molecule has 0 saturated heterocycles. The molecule has 0 saturated carbocycles. The SMILES string of the molecule is CN(C)c1cc(F)c(N)cc1N(C=O)CCC(C)(C)O. The molecular formula is C14H22FN3O2. The molecule has 1 amide bonds. The predicted octanol–water partition coefficient (Wildman–Crippen LogP) is 1.60. The van der Waals surface area contributed by atoms with Crippen LogP contribution in [0.3, 0.4) is 0 Å². The lowest BCUT2D eigenvalue weighted by Gasteiger charge is -2.27. The number of carbonyl (C=O) groups is 1. The first-order chi connectivity index (χ1) is 9.15. The summed E-state index contributed by atoms with van der Waals surface area (Å²) in [6.45, 7) is 3.66. The van der Waals surface area contributed by atoms with E-state index in [4.69, 9.17) is 5.73 Å². The van der Waals surface area contributed by atoms with Crippen molar-refractivity contribution >= 4 is 23.5 Å². The van der Waals surface area contributed by atoms with Gasteiger partial charge in [0, 0.05) is 26.7 Å². The molecule has 1 rings (SSSR count). The highest BCUT2D eigenvalue weighted by Crippen LogP contribution is 2.32. The van der Waals surface area contributed by atoms with E-state index in [-0.39, 0.29) is 5.69 Å². The molecule has 0 aliphatic rings. The van der Waals surface area contributed by atoms with Crippen molar-refractivity contribution in [2.24, 2.45) is 0 Å². The van der Waals surface area contributed by atoms with E-state index < -0.39 is 11.4 Å². The highest BCUT2D eigenvalue weighted by Gasteiger charge is 2.19. The van der Waals surface area contributed by atoms with Gasteiger partial charge in [0.05, 0.1) is 22.7 Å². The van der Waals surface area contributed by atoms with Crippen LogP contribution in [0.4, 0.5) is 21.5 Å². The molecule has 5 nitrogen and oxygen atoms in total. The van der Waals surface area contributed by atoms with Crippen molar-refractivity contribution in [1.29, 1.82) is 0 Å².